The van der Waals surface area contributed by atoms with Crippen LogP contribution in [0.25, 0.3) is 0 Å². The molecule has 0 atom stereocenters. The molecule has 2 rings (SSSR count). The third kappa shape index (κ3) is 3.09. The fraction of sp³-hybridized carbons (Fsp3) is 0.286. The van der Waals surface area contributed by atoms with Gasteiger partial charge in [-0.3, -0.25) is 0 Å². The zero-order valence-corrected chi connectivity index (χ0v) is 12.7. The first kappa shape index (κ1) is 13.5. The molecule has 0 aliphatic heterocycles. The first-order valence-electron chi connectivity index (χ1n) is 5.87. The molecular formula is C14H15BrClNO. The van der Waals surface area contributed by atoms with Crippen LogP contribution in [0.5, 0.6) is 0 Å². The average Bonchev–Trinajstić information content (AvgIpc) is 2.80. The van der Waals surface area contributed by atoms with E-state index in [4.69, 9.17) is 16.0 Å². The second-order valence-corrected chi connectivity index (χ2v) is 5.42. The van der Waals surface area contributed by atoms with E-state index in [1.54, 1.807) is 0 Å². The lowest BCUT2D eigenvalue weighted by molar-refractivity contribution is 0.476. The summed E-state index contributed by atoms with van der Waals surface area (Å²) in [6, 6.07) is 7.93. The van der Waals surface area contributed by atoms with Gasteiger partial charge in [0.2, 0.25) is 0 Å². The molecule has 0 saturated carbocycles. The van der Waals surface area contributed by atoms with E-state index in [9.17, 15) is 0 Å². The molecule has 2 nitrogen and oxygen atoms in total. The number of halogens is 2. The van der Waals surface area contributed by atoms with E-state index < -0.39 is 0 Å². The Bertz CT molecular complexity index is 551. The molecule has 0 radical (unpaired) electrons. The van der Waals surface area contributed by atoms with Gasteiger partial charge < -0.3 is 9.73 Å². The maximum absolute atomic E-state index is 6.11. The summed E-state index contributed by atoms with van der Waals surface area (Å²) in [6.45, 7) is 4.71. The van der Waals surface area contributed by atoms with Crippen LogP contribution in [0, 0.1) is 6.92 Å². The number of hydrogen-bond donors (Lipinski definition) is 1. The summed E-state index contributed by atoms with van der Waals surface area (Å²) in [6.07, 6.45) is 0.917. The molecule has 0 aliphatic rings. The van der Waals surface area contributed by atoms with Crippen LogP contribution in [0.2, 0.25) is 5.02 Å². The van der Waals surface area contributed by atoms with Crippen LogP contribution in [-0.2, 0) is 13.0 Å². The van der Waals surface area contributed by atoms with Gasteiger partial charge in [0, 0.05) is 15.9 Å². The van der Waals surface area contributed by atoms with Gasteiger partial charge >= 0.3 is 0 Å². The molecule has 18 heavy (non-hydrogen) atoms. The number of aryl methyl sites for hydroxylation is 2. The third-order valence-corrected chi connectivity index (χ3v) is 3.83. The Balaban J connectivity index is 2.08. The van der Waals surface area contributed by atoms with Crippen molar-refractivity contribution in [2.75, 3.05) is 5.32 Å². The van der Waals surface area contributed by atoms with Crippen LogP contribution >= 0.6 is 27.5 Å². The molecule has 96 valence electrons. The molecular weight excluding hydrogens is 314 g/mol. The van der Waals surface area contributed by atoms with E-state index in [0.29, 0.717) is 6.54 Å². The van der Waals surface area contributed by atoms with Crippen molar-refractivity contribution in [1.82, 2.24) is 0 Å². The molecule has 0 aliphatic carbocycles. The lowest BCUT2D eigenvalue weighted by Crippen LogP contribution is -1.99. The summed E-state index contributed by atoms with van der Waals surface area (Å²) in [5.74, 6) is 1.93. The largest absolute Gasteiger partial charge is 0.464 e. The number of nitrogens with one attached hydrogen (secondary N) is 1. The van der Waals surface area contributed by atoms with Crippen LogP contribution in [-0.4, -0.2) is 0 Å². The highest BCUT2D eigenvalue weighted by molar-refractivity contribution is 9.10. The van der Waals surface area contributed by atoms with Gasteiger partial charge in [-0.25, -0.2) is 0 Å². The Morgan fingerprint density at radius 3 is 2.67 bits per heavy atom. The molecule has 1 N–H and O–H groups in total. The number of hydrogen-bond acceptors (Lipinski definition) is 2. The molecule has 0 saturated heterocycles. The predicted octanol–water partition coefficient (Wildman–Crippen LogP) is 5.18. The zero-order chi connectivity index (χ0) is 13.1. The second-order valence-electron chi connectivity index (χ2n) is 4.16. The molecule has 0 fully saturated rings. The van der Waals surface area contributed by atoms with Gasteiger partial charge in [0.15, 0.2) is 0 Å². The fourth-order valence-corrected chi connectivity index (χ4v) is 2.43. The number of anilines is 1. The van der Waals surface area contributed by atoms with E-state index >= 15 is 0 Å². The second kappa shape index (κ2) is 5.81. The zero-order valence-electron chi connectivity index (χ0n) is 10.4. The molecule has 4 heteroatoms. The molecule has 1 aromatic carbocycles. The number of rotatable bonds is 4. The summed E-state index contributed by atoms with van der Waals surface area (Å²) in [4.78, 5) is 0. The van der Waals surface area contributed by atoms with Crippen molar-refractivity contribution in [3.8, 4) is 0 Å². The summed E-state index contributed by atoms with van der Waals surface area (Å²) in [7, 11) is 0. The SMILES string of the molecule is CCc1ccc(CNc2cc(Cl)c(C)cc2Br)o1. The minimum Gasteiger partial charge on any atom is -0.464 e. The van der Waals surface area contributed by atoms with Gasteiger partial charge in [0.25, 0.3) is 0 Å². The van der Waals surface area contributed by atoms with E-state index in [-0.39, 0.29) is 0 Å². The van der Waals surface area contributed by atoms with Gasteiger partial charge in [0.1, 0.15) is 11.5 Å². The summed E-state index contributed by atoms with van der Waals surface area (Å²) in [5, 5.41) is 4.07. The van der Waals surface area contributed by atoms with E-state index in [0.717, 1.165) is 38.7 Å². The Morgan fingerprint density at radius 2 is 2.00 bits per heavy atom. The van der Waals surface area contributed by atoms with Crippen molar-refractivity contribution >= 4 is 33.2 Å². The fourth-order valence-electron chi connectivity index (χ4n) is 1.67. The lowest BCUT2D eigenvalue weighted by atomic mass is 10.2. The number of furan rings is 1. The van der Waals surface area contributed by atoms with Crippen molar-refractivity contribution in [3.05, 3.63) is 50.8 Å². The molecule has 0 bridgehead atoms. The third-order valence-electron chi connectivity index (χ3n) is 2.77. The maximum Gasteiger partial charge on any atom is 0.123 e. The smallest absolute Gasteiger partial charge is 0.123 e. The molecule has 2 aromatic rings. The summed E-state index contributed by atoms with van der Waals surface area (Å²) >= 11 is 9.63. The minimum atomic E-state index is 0.651. The lowest BCUT2D eigenvalue weighted by Gasteiger charge is -2.09. The highest BCUT2D eigenvalue weighted by Crippen LogP contribution is 2.29. The highest BCUT2D eigenvalue weighted by Gasteiger charge is 2.05. The first-order valence-corrected chi connectivity index (χ1v) is 7.04. The highest BCUT2D eigenvalue weighted by atomic mass is 79.9. The Labute approximate surface area is 120 Å². The maximum atomic E-state index is 6.11. The van der Waals surface area contributed by atoms with Crippen molar-refractivity contribution < 1.29 is 4.42 Å². The van der Waals surface area contributed by atoms with E-state index in [1.165, 1.54) is 0 Å². The van der Waals surface area contributed by atoms with Crippen molar-refractivity contribution in [2.24, 2.45) is 0 Å². The van der Waals surface area contributed by atoms with Gasteiger partial charge in [-0.1, -0.05) is 18.5 Å². The Morgan fingerprint density at radius 1 is 1.28 bits per heavy atom. The normalized spacial score (nSPS) is 10.7. The minimum absolute atomic E-state index is 0.651. The van der Waals surface area contributed by atoms with Crippen LogP contribution < -0.4 is 5.32 Å². The predicted molar refractivity (Wildman–Crippen MR) is 79.3 cm³/mol. The van der Waals surface area contributed by atoms with E-state index in [1.807, 2.05) is 31.2 Å². The van der Waals surface area contributed by atoms with Gasteiger partial charge in [-0.05, 0) is 52.7 Å². The molecule has 0 unspecified atom stereocenters. The Hall–Kier alpha value is -0.930. The monoisotopic (exact) mass is 327 g/mol. The summed E-state index contributed by atoms with van der Waals surface area (Å²) < 4.78 is 6.64. The molecule has 1 aromatic heterocycles. The number of benzene rings is 1. The van der Waals surface area contributed by atoms with Crippen molar-refractivity contribution in [2.45, 2.75) is 26.8 Å². The van der Waals surface area contributed by atoms with Crippen LogP contribution in [0.4, 0.5) is 5.69 Å². The van der Waals surface area contributed by atoms with E-state index in [2.05, 4.69) is 28.2 Å². The van der Waals surface area contributed by atoms with Crippen LogP contribution in [0.3, 0.4) is 0 Å². The summed E-state index contributed by atoms with van der Waals surface area (Å²) in [5.41, 5.74) is 2.03. The molecule has 0 spiro atoms. The van der Waals surface area contributed by atoms with Gasteiger partial charge in [0.05, 0.1) is 12.2 Å². The van der Waals surface area contributed by atoms with Crippen molar-refractivity contribution in [1.29, 1.82) is 0 Å². The quantitative estimate of drug-likeness (QED) is 0.836. The first-order chi connectivity index (χ1) is 8.60. The Kier molecular flexibility index (Phi) is 4.36. The van der Waals surface area contributed by atoms with Crippen LogP contribution in [0.15, 0.2) is 33.2 Å². The average molecular weight is 329 g/mol. The standard InChI is InChI=1S/C14H15BrClNO/c1-3-10-4-5-11(18-10)8-17-14-7-13(16)9(2)6-12(14)15/h4-7,17H,3,8H2,1-2H3. The van der Waals surface area contributed by atoms with Gasteiger partial charge in [-0.15, -0.1) is 0 Å². The van der Waals surface area contributed by atoms with Crippen molar-refractivity contribution in [3.63, 3.8) is 0 Å². The molecule has 1 heterocycles. The van der Waals surface area contributed by atoms with Crippen LogP contribution in [0.1, 0.15) is 24.0 Å². The van der Waals surface area contributed by atoms with Gasteiger partial charge in [-0.2, -0.15) is 0 Å². The molecule has 0 amide bonds. The topological polar surface area (TPSA) is 25.2 Å².